The van der Waals surface area contributed by atoms with E-state index in [2.05, 4.69) is 15.5 Å². The number of carbonyl (C=O) groups excluding carboxylic acids is 1. The van der Waals surface area contributed by atoms with Crippen LogP contribution in [0, 0.1) is 0 Å². The van der Waals surface area contributed by atoms with Crippen LogP contribution in [0.2, 0.25) is 5.02 Å². The Morgan fingerprint density at radius 2 is 1.91 bits per heavy atom. The first-order valence-corrected chi connectivity index (χ1v) is 10.6. The van der Waals surface area contributed by atoms with Gasteiger partial charge in [-0.25, -0.2) is 0 Å². The van der Waals surface area contributed by atoms with Crippen LogP contribution in [0.15, 0.2) is 75.3 Å². The van der Waals surface area contributed by atoms with Gasteiger partial charge in [-0.3, -0.25) is 4.79 Å². The summed E-state index contributed by atoms with van der Waals surface area (Å²) in [6, 6.07) is 15.7. The summed E-state index contributed by atoms with van der Waals surface area (Å²) in [5, 5.41) is 10.8. The van der Waals surface area contributed by atoms with Crippen molar-refractivity contribution in [3.05, 3.63) is 82.6 Å². The molecule has 32 heavy (non-hydrogen) atoms. The quantitative estimate of drug-likeness (QED) is 0.374. The fraction of sp³-hybridized carbons (Fsp3) is 0.136. The lowest BCUT2D eigenvalue weighted by Crippen LogP contribution is -2.25. The minimum Gasteiger partial charge on any atom is -0.455 e. The highest BCUT2D eigenvalue weighted by Crippen LogP contribution is 2.36. The molecular weight excluding hydrogens is 463 g/mol. The fourth-order valence-corrected chi connectivity index (χ4v) is 4.19. The molecule has 1 aliphatic rings. The lowest BCUT2D eigenvalue weighted by molar-refractivity contribution is -0.137. The topological polar surface area (TPSA) is 67.0 Å². The summed E-state index contributed by atoms with van der Waals surface area (Å²) in [5.74, 6) is 0.293. The first kappa shape index (κ1) is 22.2. The number of alkyl halides is 3. The molecule has 5 nitrogen and oxygen atoms in total. The van der Waals surface area contributed by atoms with Crippen LogP contribution in [-0.4, -0.2) is 22.5 Å². The first-order chi connectivity index (χ1) is 15.3. The second kappa shape index (κ2) is 9.22. The number of halogens is 4. The maximum Gasteiger partial charge on any atom is 0.416 e. The predicted octanol–water partition coefficient (Wildman–Crippen LogP) is 5.78. The zero-order chi connectivity index (χ0) is 22.7. The number of rotatable bonds is 5. The van der Waals surface area contributed by atoms with Crippen molar-refractivity contribution in [2.75, 3.05) is 0 Å². The smallest absolute Gasteiger partial charge is 0.416 e. The third-order valence-electron chi connectivity index (χ3n) is 4.56. The lowest BCUT2D eigenvalue weighted by atomic mass is 10.1. The lowest BCUT2D eigenvalue weighted by Gasteiger charge is -2.08. The van der Waals surface area contributed by atoms with Crippen molar-refractivity contribution in [1.29, 1.82) is 0 Å². The Morgan fingerprint density at radius 3 is 2.66 bits per heavy atom. The first-order valence-electron chi connectivity index (χ1n) is 9.39. The van der Waals surface area contributed by atoms with Crippen molar-refractivity contribution in [2.24, 2.45) is 10.2 Å². The molecule has 0 radical (unpaired) electrons. The molecule has 0 bridgehead atoms. The highest BCUT2D eigenvalue weighted by atomic mass is 35.5. The number of nitrogens with one attached hydrogen (secondary N) is 1. The summed E-state index contributed by atoms with van der Waals surface area (Å²) < 4.78 is 44.5. The van der Waals surface area contributed by atoms with Crippen LogP contribution in [0.25, 0.3) is 11.3 Å². The molecule has 1 aliphatic heterocycles. The van der Waals surface area contributed by atoms with E-state index in [9.17, 15) is 18.0 Å². The molecule has 1 saturated heterocycles. The summed E-state index contributed by atoms with van der Waals surface area (Å²) >= 11 is 7.32. The van der Waals surface area contributed by atoms with Gasteiger partial charge in [0.1, 0.15) is 11.5 Å². The molecule has 164 valence electrons. The summed E-state index contributed by atoms with van der Waals surface area (Å²) in [4.78, 5) is 12.1. The number of carbonyl (C=O) groups is 1. The molecule has 4 rings (SSSR count). The van der Waals surface area contributed by atoms with Gasteiger partial charge in [-0.2, -0.15) is 18.3 Å². The molecule has 1 amide bonds. The average Bonchev–Trinajstić information content (AvgIpc) is 3.35. The third kappa shape index (κ3) is 5.23. The van der Waals surface area contributed by atoms with Crippen molar-refractivity contribution in [3.8, 4) is 11.3 Å². The predicted molar refractivity (Wildman–Crippen MR) is 119 cm³/mol. The molecule has 1 fully saturated rings. The number of furan rings is 1. The largest absolute Gasteiger partial charge is 0.455 e. The van der Waals surface area contributed by atoms with Crippen LogP contribution < -0.4 is 5.32 Å². The maximum absolute atomic E-state index is 13.0. The van der Waals surface area contributed by atoms with Crippen LogP contribution >= 0.6 is 23.4 Å². The van der Waals surface area contributed by atoms with Crippen molar-refractivity contribution in [2.45, 2.75) is 17.8 Å². The number of hydrogen-bond donors (Lipinski definition) is 1. The second-order valence-electron chi connectivity index (χ2n) is 6.83. The molecule has 1 atom stereocenters. The Balaban J connectivity index is 1.44. The van der Waals surface area contributed by atoms with Crippen LogP contribution in [-0.2, 0) is 17.4 Å². The summed E-state index contributed by atoms with van der Waals surface area (Å²) in [6.07, 6.45) is -2.62. The zero-order valence-electron chi connectivity index (χ0n) is 16.3. The van der Waals surface area contributed by atoms with Gasteiger partial charge in [0.05, 0.1) is 22.1 Å². The minimum atomic E-state index is -4.49. The molecule has 10 heteroatoms. The molecule has 1 N–H and O–H groups in total. The molecule has 3 aromatic rings. The van der Waals surface area contributed by atoms with Gasteiger partial charge in [-0.1, -0.05) is 53.7 Å². The monoisotopic (exact) mass is 477 g/mol. The zero-order valence-corrected chi connectivity index (χ0v) is 17.8. The number of amides is 1. The molecule has 0 aliphatic carbocycles. The van der Waals surface area contributed by atoms with E-state index in [1.165, 1.54) is 36.2 Å². The number of benzene rings is 2. The van der Waals surface area contributed by atoms with Crippen molar-refractivity contribution in [1.82, 2.24) is 5.32 Å². The highest BCUT2D eigenvalue weighted by Gasteiger charge is 2.32. The van der Waals surface area contributed by atoms with E-state index in [1.807, 2.05) is 30.3 Å². The van der Waals surface area contributed by atoms with Gasteiger partial charge in [0, 0.05) is 5.56 Å². The Labute approximate surface area is 190 Å². The van der Waals surface area contributed by atoms with Gasteiger partial charge in [-0.15, -0.1) is 5.10 Å². The Kier molecular flexibility index (Phi) is 6.38. The molecule has 2 heterocycles. The van der Waals surface area contributed by atoms with Gasteiger partial charge < -0.3 is 9.73 Å². The van der Waals surface area contributed by atoms with Crippen LogP contribution in [0.4, 0.5) is 13.2 Å². The highest BCUT2D eigenvalue weighted by molar-refractivity contribution is 8.15. The van der Waals surface area contributed by atoms with Crippen LogP contribution in [0.5, 0.6) is 0 Å². The summed E-state index contributed by atoms with van der Waals surface area (Å²) in [5.41, 5.74) is 0.338. The fourth-order valence-electron chi connectivity index (χ4n) is 3.01. The normalized spacial score (nSPS) is 17.9. The van der Waals surface area contributed by atoms with E-state index in [-0.39, 0.29) is 33.3 Å². The van der Waals surface area contributed by atoms with E-state index in [4.69, 9.17) is 16.0 Å². The van der Waals surface area contributed by atoms with E-state index in [0.717, 1.165) is 17.7 Å². The summed E-state index contributed by atoms with van der Waals surface area (Å²) in [6.45, 7) is 0. The molecule has 2 aromatic carbocycles. The molecule has 1 aromatic heterocycles. The van der Waals surface area contributed by atoms with E-state index < -0.39 is 11.7 Å². The Morgan fingerprint density at radius 1 is 1.12 bits per heavy atom. The molecular formula is C22H15ClF3N3O2S. The van der Waals surface area contributed by atoms with Crippen molar-refractivity contribution in [3.63, 3.8) is 0 Å². The van der Waals surface area contributed by atoms with E-state index >= 15 is 0 Å². The van der Waals surface area contributed by atoms with Crippen molar-refractivity contribution < 1.29 is 22.4 Å². The van der Waals surface area contributed by atoms with Crippen LogP contribution in [0.1, 0.15) is 16.9 Å². The van der Waals surface area contributed by atoms with Gasteiger partial charge in [0.25, 0.3) is 0 Å². The minimum absolute atomic E-state index is 0.120. The summed E-state index contributed by atoms with van der Waals surface area (Å²) in [7, 11) is 0. The van der Waals surface area contributed by atoms with Gasteiger partial charge >= 0.3 is 6.18 Å². The number of thioether (sulfide) groups is 1. The molecule has 0 spiro atoms. The van der Waals surface area contributed by atoms with Crippen LogP contribution in [0.3, 0.4) is 0 Å². The van der Waals surface area contributed by atoms with Crippen molar-refractivity contribution >= 4 is 40.7 Å². The van der Waals surface area contributed by atoms with Gasteiger partial charge in [0.2, 0.25) is 5.91 Å². The van der Waals surface area contributed by atoms with Gasteiger partial charge in [-0.05, 0) is 42.3 Å². The average molecular weight is 478 g/mol. The molecule has 1 unspecified atom stereocenters. The Hall–Kier alpha value is -3.04. The van der Waals surface area contributed by atoms with E-state index in [1.54, 1.807) is 0 Å². The number of amidine groups is 1. The SMILES string of the molecule is O=C1N/C(=N\N=C\c2ccc(-c3cc(C(F)(F)F)ccc3Cl)o2)SC1Cc1ccccc1. The standard InChI is InChI=1S/C22H15ClF3N3O2S/c23-17-8-6-14(22(24,25)26)11-16(17)18-9-7-15(31-18)12-27-29-21-28-20(30)19(32-21)10-13-4-2-1-3-5-13/h1-9,11-12,19H,10H2,(H,28,29,30)/b27-12+. The Bertz CT molecular complexity index is 1190. The maximum atomic E-state index is 13.0. The van der Waals surface area contributed by atoms with E-state index in [0.29, 0.717) is 11.6 Å². The second-order valence-corrected chi connectivity index (χ2v) is 8.43. The third-order valence-corrected chi connectivity index (χ3v) is 5.96. The van der Waals surface area contributed by atoms with Gasteiger partial charge in [0.15, 0.2) is 5.17 Å². The number of hydrogen-bond acceptors (Lipinski definition) is 5. The number of nitrogens with zero attached hydrogens (tertiary/aromatic N) is 2. The molecule has 0 saturated carbocycles.